The van der Waals surface area contributed by atoms with E-state index < -0.39 is 44.8 Å². The van der Waals surface area contributed by atoms with E-state index >= 15 is 0 Å². The predicted molar refractivity (Wildman–Crippen MR) is 72.6 cm³/mol. The number of aryl methyl sites for hydroxylation is 2. The van der Waals surface area contributed by atoms with Crippen LogP contribution in [0.4, 0.5) is 8.78 Å². The van der Waals surface area contributed by atoms with Gasteiger partial charge in [-0.1, -0.05) is 0 Å². The first-order valence-electron chi connectivity index (χ1n) is 6.77. The van der Waals surface area contributed by atoms with Crippen molar-refractivity contribution in [3.63, 3.8) is 0 Å². The van der Waals surface area contributed by atoms with Gasteiger partial charge in [-0.05, 0) is 26.7 Å². The SMILES string of the molecule is Cc1oc(C)c(S(=O)(=O)NCC2CCCC2(F)F)c1C(=O)O. The number of aromatic carboxylic acids is 1. The number of carbonyl (C=O) groups is 1. The molecule has 1 unspecified atom stereocenters. The molecular weight excluding hydrogens is 320 g/mol. The van der Waals surface area contributed by atoms with Crippen LogP contribution in [0.3, 0.4) is 0 Å². The average Bonchev–Trinajstić information content (AvgIpc) is 2.86. The second kappa shape index (κ2) is 5.62. The molecule has 0 bridgehead atoms. The maximum Gasteiger partial charge on any atom is 0.340 e. The molecule has 1 aliphatic carbocycles. The van der Waals surface area contributed by atoms with E-state index in [0.29, 0.717) is 6.42 Å². The molecule has 22 heavy (non-hydrogen) atoms. The van der Waals surface area contributed by atoms with Crippen molar-refractivity contribution in [1.82, 2.24) is 4.72 Å². The Morgan fingerprint density at radius 2 is 2.05 bits per heavy atom. The molecule has 0 amide bonds. The van der Waals surface area contributed by atoms with Crippen molar-refractivity contribution in [2.45, 2.75) is 43.9 Å². The van der Waals surface area contributed by atoms with Crippen LogP contribution in [0.2, 0.25) is 0 Å². The average molecular weight is 337 g/mol. The molecule has 1 aliphatic rings. The van der Waals surface area contributed by atoms with Gasteiger partial charge in [0.05, 0.1) is 0 Å². The number of rotatable bonds is 5. The molecule has 0 aromatic carbocycles. The molecule has 1 heterocycles. The minimum absolute atomic E-state index is 0.0448. The molecule has 9 heteroatoms. The number of carboxylic acids is 1. The molecule has 124 valence electrons. The van der Waals surface area contributed by atoms with Crippen molar-refractivity contribution < 1.29 is 31.5 Å². The summed E-state index contributed by atoms with van der Waals surface area (Å²) in [6.45, 7) is 2.22. The molecule has 1 saturated carbocycles. The van der Waals surface area contributed by atoms with Crippen molar-refractivity contribution in [3.05, 3.63) is 17.1 Å². The topological polar surface area (TPSA) is 96.6 Å². The first-order valence-corrected chi connectivity index (χ1v) is 8.25. The number of sulfonamides is 1. The number of furan rings is 1. The minimum Gasteiger partial charge on any atom is -0.478 e. The van der Waals surface area contributed by atoms with Gasteiger partial charge in [0, 0.05) is 18.9 Å². The van der Waals surface area contributed by atoms with E-state index in [1.807, 2.05) is 0 Å². The molecule has 0 saturated heterocycles. The highest BCUT2D eigenvalue weighted by atomic mass is 32.2. The summed E-state index contributed by atoms with van der Waals surface area (Å²) in [5.41, 5.74) is -0.469. The third-order valence-electron chi connectivity index (χ3n) is 3.87. The van der Waals surface area contributed by atoms with Crippen LogP contribution in [0.5, 0.6) is 0 Å². The highest BCUT2D eigenvalue weighted by molar-refractivity contribution is 7.89. The van der Waals surface area contributed by atoms with E-state index in [1.54, 1.807) is 0 Å². The monoisotopic (exact) mass is 337 g/mol. The lowest BCUT2D eigenvalue weighted by atomic mass is 10.1. The molecule has 0 aliphatic heterocycles. The van der Waals surface area contributed by atoms with E-state index in [9.17, 15) is 22.0 Å². The first-order chi connectivity index (χ1) is 10.1. The smallest absolute Gasteiger partial charge is 0.340 e. The molecule has 2 N–H and O–H groups in total. The zero-order valence-electron chi connectivity index (χ0n) is 12.2. The summed E-state index contributed by atoms with van der Waals surface area (Å²) in [6.07, 6.45) is 0.304. The van der Waals surface area contributed by atoms with Gasteiger partial charge in [0.15, 0.2) is 0 Å². The van der Waals surface area contributed by atoms with Gasteiger partial charge in [-0.3, -0.25) is 0 Å². The van der Waals surface area contributed by atoms with Crippen molar-refractivity contribution in [3.8, 4) is 0 Å². The van der Waals surface area contributed by atoms with Crippen LogP contribution in [0.1, 0.15) is 41.1 Å². The number of hydrogen-bond acceptors (Lipinski definition) is 4. The van der Waals surface area contributed by atoms with Crippen LogP contribution in [0, 0.1) is 19.8 Å². The summed E-state index contributed by atoms with van der Waals surface area (Å²) in [7, 11) is -4.24. The molecule has 1 atom stereocenters. The molecule has 0 spiro atoms. The molecule has 1 aromatic rings. The van der Waals surface area contributed by atoms with Crippen molar-refractivity contribution in [2.75, 3.05) is 6.54 Å². The van der Waals surface area contributed by atoms with Crippen LogP contribution >= 0.6 is 0 Å². The fraction of sp³-hybridized carbons (Fsp3) is 0.615. The van der Waals surface area contributed by atoms with Gasteiger partial charge < -0.3 is 9.52 Å². The van der Waals surface area contributed by atoms with E-state index in [1.165, 1.54) is 13.8 Å². The first kappa shape index (κ1) is 16.9. The summed E-state index contributed by atoms with van der Waals surface area (Å²) >= 11 is 0. The van der Waals surface area contributed by atoms with Gasteiger partial charge in [0.1, 0.15) is 22.0 Å². The number of alkyl halides is 2. The Morgan fingerprint density at radius 3 is 2.55 bits per heavy atom. The third-order valence-corrected chi connectivity index (χ3v) is 5.44. The zero-order valence-corrected chi connectivity index (χ0v) is 13.0. The Labute approximate surface area is 126 Å². The summed E-state index contributed by atoms with van der Waals surface area (Å²) in [5.74, 6) is -5.55. The number of hydrogen-bond donors (Lipinski definition) is 2. The Kier molecular flexibility index (Phi) is 4.31. The standard InChI is InChI=1S/C13H17F2NO5S/c1-7-10(12(17)18)11(8(2)21-7)22(19,20)16-6-9-4-3-5-13(9,14)15/h9,16H,3-6H2,1-2H3,(H,17,18). The quantitative estimate of drug-likeness (QED) is 0.859. The summed E-state index contributed by atoms with van der Waals surface area (Å²) < 4.78 is 58.8. The summed E-state index contributed by atoms with van der Waals surface area (Å²) in [4.78, 5) is 10.7. The van der Waals surface area contributed by atoms with Crippen molar-refractivity contribution >= 4 is 16.0 Å². The Bertz CT molecular complexity index is 696. The lowest BCUT2D eigenvalue weighted by molar-refractivity contribution is -0.0342. The highest BCUT2D eigenvalue weighted by Crippen LogP contribution is 2.40. The number of halogens is 2. The van der Waals surface area contributed by atoms with Gasteiger partial charge in [-0.15, -0.1) is 0 Å². The second-order valence-corrected chi connectivity index (χ2v) is 7.13. The second-order valence-electron chi connectivity index (χ2n) is 5.43. The van der Waals surface area contributed by atoms with E-state index in [-0.39, 0.29) is 24.4 Å². The molecule has 1 fully saturated rings. The fourth-order valence-corrected chi connectivity index (χ4v) is 4.25. The Hall–Kier alpha value is -1.48. The van der Waals surface area contributed by atoms with Crippen LogP contribution in [0.25, 0.3) is 0 Å². The Morgan fingerprint density at radius 1 is 1.41 bits per heavy atom. The van der Waals surface area contributed by atoms with Crippen LogP contribution in [-0.2, 0) is 10.0 Å². The van der Waals surface area contributed by atoms with Crippen LogP contribution in [-0.4, -0.2) is 32.0 Å². The summed E-state index contributed by atoms with van der Waals surface area (Å²) in [6, 6.07) is 0. The van der Waals surface area contributed by atoms with Gasteiger partial charge >= 0.3 is 5.97 Å². The van der Waals surface area contributed by atoms with Gasteiger partial charge in [0.25, 0.3) is 5.92 Å². The maximum absolute atomic E-state index is 13.5. The molecule has 1 aromatic heterocycles. The fourth-order valence-electron chi connectivity index (χ4n) is 2.77. The maximum atomic E-state index is 13.5. The highest BCUT2D eigenvalue weighted by Gasteiger charge is 2.44. The predicted octanol–water partition coefficient (Wildman–Crippen LogP) is 2.31. The Balaban J connectivity index is 2.27. The summed E-state index contributed by atoms with van der Waals surface area (Å²) in [5, 5.41) is 9.11. The van der Waals surface area contributed by atoms with Gasteiger partial charge in [0.2, 0.25) is 10.0 Å². The molecular formula is C13H17F2NO5S. The van der Waals surface area contributed by atoms with E-state index in [4.69, 9.17) is 9.52 Å². The van der Waals surface area contributed by atoms with Crippen LogP contribution in [0.15, 0.2) is 9.31 Å². The van der Waals surface area contributed by atoms with Gasteiger partial charge in [-0.2, -0.15) is 0 Å². The van der Waals surface area contributed by atoms with Crippen molar-refractivity contribution in [1.29, 1.82) is 0 Å². The normalized spacial score (nSPS) is 21.2. The lowest BCUT2D eigenvalue weighted by Crippen LogP contribution is -2.36. The zero-order chi connectivity index (χ0) is 16.7. The van der Waals surface area contributed by atoms with Crippen molar-refractivity contribution in [2.24, 2.45) is 5.92 Å². The van der Waals surface area contributed by atoms with E-state index in [2.05, 4.69) is 4.72 Å². The van der Waals surface area contributed by atoms with Gasteiger partial charge in [-0.25, -0.2) is 26.7 Å². The van der Waals surface area contributed by atoms with Crippen LogP contribution < -0.4 is 4.72 Å². The molecule has 6 nitrogen and oxygen atoms in total. The minimum atomic E-state index is -4.24. The molecule has 2 rings (SSSR count). The van der Waals surface area contributed by atoms with E-state index in [0.717, 1.165) is 0 Å². The molecule has 0 radical (unpaired) electrons. The number of nitrogens with one attached hydrogen (secondary N) is 1. The lowest BCUT2D eigenvalue weighted by Gasteiger charge is -2.19. The number of carboxylic acid groups (broad SMARTS) is 1. The largest absolute Gasteiger partial charge is 0.478 e. The third kappa shape index (κ3) is 3.00.